The van der Waals surface area contributed by atoms with Crippen LogP contribution in [0.4, 0.5) is 8.78 Å². The molecule has 0 radical (unpaired) electrons. The molecule has 6 heteroatoms. The molecule has 1 rings (SSSR count). The third kappa shape index (κ3) is 4.76. The summed E-state index contributed by atoms with van der Waals surface area (Å²) in [5, 5.41) is 0. The molecular formula is C13H19ClF2N2O. The minimum absolute atomic E-state index is 0. The van der Waals surface area contributed by atoms with Crippen LogP contribution in [0.2, 0.25) is 0 Å². The van der Waals surface area contributed by atoms with E-state index in [4.69, 9.17) is 5.73 Å². The molecule has 0 aliphatic carbocycles. The van der Waals surface area contributed by atoms with E-state index in [0.717, 1.165) is 18.2 Å². The van der Waals surface area contributed by atoms with Gasteiger partial charge in [-0.1, -0.05) is 0 Å². The van der Waals surface area contributed by atoms with Crippen molar-refractivity contribution in [2.24, 2.45) is 5.73 Å². The second-order valence-corrected chi connectivity index (χ2v) is 4.53. The van der Waals surface area contributed by atoms with Gasteiger partial charge in [-0.15, -0.1) is 12.4 Å². The Bertz CT molecular complexity index is 441. The number of hydrogen-bond acceptors (Lipinski definition) is 2. The SMILES string of the molecule is CC(N)CC(=O)N(C)C(C)c1cc(F)ccc1F.Cl. The average Bonchev–Trinajstić information content (AvgIpc) is 2.29. The summed E-state index contributed by atoms with van der Waals surface area (Å²) in [6.07, 6.45) is 0.178. The molecule has 19 heavy (non-hydrogen) atoms. The highest BCUT2D eigenvalue weighted by molar-refractivity contribution is 5.85. The highest BCUT2D eigenvalue weighted by atomic mass is 35.5. The summed E-state index contributed by atoms with van der Waals surface area (Å²) in [5.74, 6) is -1.24. The van der Waals surface area contributed by atoms with Crippen LogP contribution >= 0.6 is 12.4 Å². The fraction of sp³-hybridized carbons (Fsp3) is 0.462. The lowest BCUT2D eigenvalue weighted by molar-refractivity contribution is -0.132. The largest absolute Gasteiger partial charge is 0.339 e. The Kier molecular flexibility index (Phi) is 6.94. The first kappa shape index (κ1) is 17.8. The number of amides is 1. The maximum Gasteiger partial charge on any atom is 0.224 e. The number of nitrogens with zero attached hydrogens (tertiary/aromatic N) is 1. The molecule has 0 aromatic heterocycles. The van der Waals surface area contributed by atoms with E-state index in [1.165, 1.54) is 4.90 Å². The third-order valence-corrected chi connectivity index (χ3v) is 2.88. The van der Waals surface area contributed by atoms with E-state index in [0.29, 0.717) is 0 Å². The zero-order valence-electron chi connectivity index (χ0n) is 11.2. The van der Waals surface area contributed by atoms with Crippen LogP contribution in [0, 0.1) is 11.6 Å². The summed E-state index contributed by atoms with van der Waals surface area (Å²) in [4.78, 5) is 13.2. The van der Waals surface area contributed by atoms with Crippen LogP contribution in [0.5, 0.6) is 0 Å². The van der Waals surface area contributed by atoms with Crippen molar-refractivity contribution in [3.05, 3.63) is 35.4 Å². The maximum absolute atomic E-state index is 13.6. The van der Waals surface area contributed by atoms with E-state index in [9.17, 15) is 13.6 Å². The Balaban J connectivity index is 0.00000324. The van der Waals surface area contributed by atoms with Gasteiger partial charge in [-0.2, -0.15) is 0 Å². The van der Waals surface area contributed by atoms with Gasteiger partial charge in [-0.05, 0) is 32.0 Å². The lowest BCUT2D eigenvalue weighted by Crippen LogP contribution is -2.34. The summed E-state index contributed by atoms with van der Waals surface area (Å²) in [6.45, 7) is 3.37. The topological polar surface area (TPSA) is 46.3 Å². The molecule has 0 aliphatic rings. The van der Waals surface area contributed by atoms with Gasteiger partial charge in [0.1, 0.15) is 11.6 Å². The van der Waals surface area contributed by atoms with Gasteiger partial charge in [0.15, 0.2) is 0 Å². The molecule has 0 bridgehead atoms. The quantitative estimate of drug-likeness (QED) is 0.927. The minimum atomic E-state index is -0.535. The normalized spacial score (nSPS) is 13.4. The predicted octanol–water partition coefficient (Wildman–Crippen LogP) is 2.64. The fourth-order valence-electron chi connectivity index (χ4n) is 1.68. The van der Waals surface area contributed by atoms with Crippen LogP contribution in [0.3, 0.4) is 0 Å². The van der Waals surface area contributed by atoms with E-state index in [1.54, 1.807) is 20.9 Å². The molecule has 1 aromatic carbocycles. The molecule has 0 heterocycles. The van der Waals surface area contributed by atoms with Gasteiger partial charge in [-0.3, -0.25) is 4.79 Å². The number of hydrogen-bond donors (Lipinski definition) is 1. The minimum Gasteiger partial charge on any atom is -0.339 e. The van der Waals surface area contributed by atoms with Gasteiger partial charge in [-0.25, -0.2) is 8.78 Å². The van der Waals surface area contributed by atoms with Crippen molar-refractivity contribution < 1.29 is 13.6 Å². The second-order valence-electron chi connectivity index (χ2n) is 4.53. The highest BCUT2D eigenvalue weighted by Crippen LogP contribution is 2.23. The van der Waals surface area contributed by atoms with Gasteiger partial charge in [0.2, 0.25) is 5.91 Å². The molecule has 0 saturated carbocycles. The van der Waals surface area contributed by atoms with Crippen molar-refractivity contribution in [2.45, 2.75) is 32.4 Å². The fourth-order valence-corrected chi connectivity index (χ4v) is 1.68. The van der Waals surface area contributed by atoms with E-state index >= 15 is 0 Å². The molecular weight excluding hydrogens is 274 g/mol. The Morgan fingerprint density at radius 1 is 1.37 bits per heavy atom. The van der Waals surface area contributed by atoms with E-state index in [-0.39, 0.29) is 36.3 Å². The van der Waals surface area contributed by atoms with Crippen LogP contribution in [0.15, 0.2) is 18.2 Å². The van der Waals surface area contributed by atoms with Crippen molar-refractivity contribution in [3.8, 4) is 0 Å². The van der Waals surface area contributed by atoms with Crippen molar-refractivity contribution >= 4 is 18.3 Å². The average molecular weight is 293 g/mol. The molecule has 0 fully saturated rings. The van der Waals surface area contributed by atoms with Crippen LogP contribution < -0.4 is 5.73 Å². The van der Waals surface area contributed by atoms with Crippen molar-refractivity contribution in [2.75, 3.05) is 7.05 Å². The smallest absolute Gasteiger partial charge is 0.224 e. The lowest BCUT2D eigenvalue weighted by atomic mass is 10.1. The Labute approximate surface area is 118 Å². The highest BCUT2D eigenvalue weighted by Gasteiger charge is 2.21. The summed E-state index contributed by atoms with van der Waals surface area (Å²) >= 11 is 0. The first-order valence-electron chi connectivity index (χ1n) is 5.79. The van der Waals surface area contributed by atoms with Gasteiger partial charge in [0, 0.05) is 25.1 Å². The molecule has 108 valence electrons. The zero-order valence-corrected chi connectivity index (χ0v) is 12.0. The molecule has 3 nitrogen and oxygen atoms in total. The molecule has 1 aromatic rings. The van der Waals surface area contributed by atoms with Gasteiger partial charge in [0.25, 0.3) is 0 Å². The van der Waals surface area contributed by atoms with E-state index in [1.807, 2.05) is 0 Å². The third-order valence-electron chi connectivity index (χ3n) is 2.88. The number of carbonyl (C=O) groups is 1. The van der Waals surface area contributed by atoms with Crippen LogP contribution in [-0.4, -0.2) is 23.9 Å². The number of carbonyl (C=O) groups excluding carboxylic acids is 1. The molecule has 0 saturated heterocycles. The van der Waals surface area contributed by atoms with Crippen molar-refractivity contribution in [1.82, 2.24) is 4.90 Å². The second kappa shape index (κ2) is 7.40. The summed E-state index contributed by atoms with van der Waals surface area (Å²) < 4.78 is 26.7. The first-order valence-corrected chi connectivity index (χ1v) is 5.79. The number of rotatable bonds is 4. The number of nitrogens with two attached hydrogens (primary N) is 1. The lowest BCUT2D eigenvalue weighted by Gasteiger charge is -2.26. The molecule has 0 spiro atoms. The summed E-state index contributed by atoms with van der Waals surface area (Å²) in [5.41, 5.74) is 5.70. The van der Waals surface area contributed by atoms with Crippen molar-refractivity contribution in [3.63, 3.8) is 0 Å². The standard InChI is InChI=1S/C13H18F2N2O.ClH/c1-8(16)6-13(18)17(3)9(2)11-7-10(14)4-5-12(11)15;/h4-5,7-9H,6,16H2,1-3H3;1H. The number of halogens is 3. The van der Waals surface area contributed by atoms with Gasteiger partial charge in [0.05, 0.1) is 6.04 Å². The molecule has 1 amide bonds. The summed E-state index contributed by atoms with van der Waals surface area (Å²) in [6, 6.07) is 2.42. The summed E-state index contributed by atoms with van der Waals surface area (Å²) in [7, 11) is 1.56. The molecule has 2 atom stereocenters. The van der Waals surface area contributed by atoms with Gasteiger partial charge >= 0.3 is 0 Å². The molecule has 0 aliphatic heterocycles. The monoisotopic (exact) mass is 292 g/mol. The number of benzene rings is 1. The maximum atomic E-state index is 13.6. The van der Waals surface area contributed by atoms with Gasteiger partial charge < -0.3 is 10.6 Å². The Morgan fingerprint density at radius 2 is 1.95 bits per heavy atom. The van der Waals surface area contributed by atoms with Crippen LogP contribution in [0.25, 0.3) is 0 Å². The van der Waals surface area contributed by atoms with Crippen LogP contribution in [-0.2, 0) is 4.79 Å². The Morgan fingerprint density at radius 3 is 2.47 bits per heavy atom. The van der Waals surface area contributed by atoms with E-state index in [2.05, 4.69) is 0 Å². The predicted molar refractivity (Wildman–Crippen MR) is 73.1 cm³/mol. The first-order chi connectivity index (χ1) is 8.32. The van der Waals surface area contributed by atoms with E-state index < -0.39 is 17.7 Å². The zero-order chi connectivity index (χ0) is 13.9. The Hall–Kier alpha value is -1.20. The van der Waals surface area contributed by atoms with Crippen molar-refractivity contribution in [1.29, 1.82) is 0 Å². The van der Waals surface area contributed by atoms with Crippen LogP contribution in [0.1, 0.15) is 31.9 Å². The molecule has 2 N–H and O–H groups in total. The molecule has 2 unspecified atom stereocenters.